The molecule has 1 amide bonds. The van der Waals surface area contributed by atoms with Gasteiger partial charge in [0.25, 0.3) is 5.56 Å². The molecule has 3 heterocycles. The number of fused-ring (bicyclic) bond motifs is 1. The number of nitrogens with one attached hydrogen (secondary N) is 2. The Balaban J connectivity index is 1.41. The molecule has 11 heteroatoms. The molecular formula is C24H27N5O5S. The number of carbonyl (C=O) groups is 2. The largest absolute Gasteiger partial charge is 0.465 e. The van der Waals surface area contributed by atoms with Crippen molar-refractivity contribution in [1.82, 2.24) is 15.0 Å². The molecule has 1 saturated heterocycles. The highest BCUT2D eigenvalue weighted by atomic mass is 32.2. The number of hydrogen-bond donors (Lipinski definition) is 2. The van der Waals surface area contributed by atoms with Crippen molar-refractivity contribution in [2.45, 2.75) is 38.1 Å². The average Bonchev–Trinajstić information content (AvgIpc) is 2.81. The Morgan fingerprint density at radius 2 is 1.89 bits per heavy atom. The van der Waals surface area contributed by atoms with E-state index in [0.29, 0.717) is 11.4 Å². The van der Waals surface area contributed by atoms with Gasteiger partial charge in [-0.25, -0.2) is 14.8 Å². The van der Waals surface area contributed by atoms with Crippen LogP contribution in [0.2, 0.25) is 0 Å². The topological polar surface area (TPSA) is 127 Å². The predicted octanol–water partition coefficient (Wildman–Crippen LogP) is 2.76. The molecule has 0 aliphatic carbocycles. The second-order valence-corrected chi connectivity index (χ2v) is 9.38. The smallest absolute Gasteiger partial charge is 0.338 e. The highest BCUT2D eigenvalue weighted by molar-refractivity contribution is 7.99. The zero-order valence-electron chi connectivity index (χ0n) is 20.0. The van der Waals surface area contributed by atoms with Crippen LogP contribution in [-0.2, 0) is 14.3 Å². The van der Waals surface area contributed by atoms with Crippen LogP contribution in [0.1, 0.15) is 29.9 Å². The Morgan fingerprint density at radius 3 is 2.54 bits per heavy atom. The number of H-pyrrole nitrogens is 1. The summed E-state index contributed by atoms with van der Waals surface area (Å²) in [6.07, 6.45) is 0.327. The Morgan fingerprint density at radius 1 is 1.20 bits per heavy atom. The third-order valence-corrected chi connectivity index (χ3v) is 6.34. The van der Waals surface area contributed by atoms with Crippen molar-refractivity contribution < 1.29 is 19.1 Å². The van der Waals surface area contributed by atoms with E-state index in [4.69, 9.17) is 9.47 Å². The van der Waals surface area contributed by atoms with Crippen LogP contribution in [-0.4, -0.2) is 65.0 Å². The van der Waals surface area contributed by atoms with E-state index in [-0.39, 0.29) is 45.6 Å². The van der Waals surface area contributed by atoms with E-state index < -0.39 is 11.5 Å². The van der Waals surface area contributed by atoms with Crippen LogP contribution >= 0.6 is 11.8 Å². The van der Waals surface area contributed by atoms with Crippen molar-refractivity contribution in [3.05, 3.63) is 51.9 Å². The lowest BCUT2D eigenvalue weighted by atomic mass is 10.1. The van der Waals surface area contributed by atoms with Gasteiger partial charge in [-0.3, -0.25) is 9.59 Å². The molecule has 2 N–H and O–H groups in total. The average molecular weight is 498 g/mol. The minimum Gasteiger partial charge on any atom is -0.465 e. The van der Waals surface area contributed by atoms with Crippen molar-refractivity contribution in [3.8, 4) is 0 Å². The van der Waals surface area contributed by atoms with Crippen molar-refractivity contribution in [2.75, 3.05) is 36.2 Å². The van der Waals surface area contributed by atoms with Crippen LogP contribution in [0.15, 0.2) is 40.3 Å². The van der Waals surface area contributed by atoms with E-state index in [0.717, 1.165) is 30.5 Å². The SMILES string of the molecule is COC(=O)c1cc(C)nc2nc(SCC(=O)Nc3ccc(N4CC(C)OC(C)C4)cc3)[nH]c(=O)c12. The second-order valence-electron chi connectivity index (χ2n) is 8.42. The van der Waals surface area contributed by atoms with Crippen LogP contribution in [0.25, 0.3) is 11.0 Å². The number of aromatic nitrogens is 3. The van der Waals surface area contributed by atoms with Gasteiger partial charge in [-0.15, -0.1) is 0 Å². The molecule has 3 aromatic rings. The number of thioether (sulfide) groups is 1. The van der Waals surface area contributed by atoms with Crippen molar-refractivity contribution >= 4 is 46.0 Å². The molecule has 2 atom stereocenters. The van der Waals surface area contributed by atoms with Crippen molar-refractivity contribution in [1.29, 1.82) is 0 Å². The normalized spacial score (nSPS) is 17.9. The molecule has 4 rings (SSSR count). The molecule has 0 radical (unpaired) electrons. The number of methoxy groups -OCH3 is 1. The van der Waals surface area contributed by atoms with Gasteiger partial charge in [0.05, 0.1) is 36.0 Å². The number of aromatic amines is 1. The zero-order chi connectivity index (χ0) is 25.1. The first-order chi connectivity index (χ1) is 16.7. The maximum absolute atomic E-state index is 12.6. The monoisotopic (exact) mass is 497 g/mol. The van der Waals surface area contributed by atoms with E-state index >= 15 is 0 Å². The van der Waals surface area contributed by atoms with Gasteiger partial charge in [0, 0.05) is 30.2 Å². The lowest BCUT2D eigenvalue weighted by Crippen LogP contribution is -2.45. The molecule has 35 heavy (non-hydrogen) atoms. The molecule has 0 spiro atoms. The lowest BCUT2D eigenvalue weighted by Gasteiger charge is -2.36. The minimum absolute atomic E-state index is 0.0321. The summed E-state index contributed by atoms with van der Waals surface area (Å²) in [6.45, 7) is 7.45. The van der Waals surface area contributed by atoms with Gasteiger partial charge in [0.2, 0.25) is 5.91 Å². The van der Waals surface area contributed by atoms with E-state index in [1.165, 1.54) is 13.2 Å². The summed E-state index contributed by atoms with van der Waals surface area (Å²) in [6, 6.07) is 9.15. The fourth-order valence-electron chi connectivity index (χ4n) is 4.06. The zero-order valence-corrected chi connectivity index (χ0v) is 20.8. The molecular weight excluding hydrogens is 470 g/mol. The molecule has 1 aromatic carbocycles. The van der Waals surface area contributed by atoms with E-state index in [2.05, 4.69) is 39.0 Å². The number of rotatable bonds is 6. The number of pyridine rings is 1. The molecule has 2 aromatic heterocycles. The summed E-state index contributed by atoms with van der Waals surface area (Å²) in [5.41, 5.74) is 1.98. The third kappa shape index (κ3) is 5.80. The lowest BCUT2D eigenvalue weighted by molar-refractivity contribution is -0.113. The van der Waals surface area contributed by atoms with Crippen LogP contribution in [0.3, 0.4) is 0 Å². The third-order valence-electron chi connectivity index (χ3n) is 5.46. The maximum Gasteiger partial charge on any atom is 0.338 e. The van der Waals surface area contributed by atoms with Crippen LogP contribution in [0, 0.1) is 6.92 Å². The number of amides is 1. The fraction of sp³-hybridized carbons (Fsp3) is 0.375. The van der Waals surface area contributed by atoms with Crippen LogP contribution in [0.5, 0.6) is 0 Å². The van der Waals surface area contributed by atoms with Crippen LogP contribution in [0.4, 0.5) is 11.4 Å². The number of benzene rings is 1. The number of esters is 1. The predicted molar refractivity (Wildman–Crippen MR) is 134 cm³/mol. The number of nitrogens with zero attached hydrogens (tertiary/aromatic N) is 3. The Labute approximate surface area is 206 Å². The minimum atomic E-state index is -0.642. The van der Waals surface area contributed by atoms with E-state index in [1.807, 2.05) is 24.3 Å². The number of ether oxygens (including phenoxy) is 2. The molecule has 0 saturated carbocycles. The second kappa shape index (κ2) is 10.4. The standard InChI is InChI=1S/C24H27N5O5S/c1-13-9-18(23(32)33-4)20-21(25-13)27-24(28-22(20)31)35-12-19(30)26-16-5-7-17(8-6-16)29-10-14(2)34-15(3)11-29/h5-9,14-15H,10-12H2,1-4H3,(H,26,30)(H,25,27,28,31). The number of morpholine rings is 1. The van der Waals surface area contributed by atoms with Crippen molar-refractivity contribution in [3.63, 3.8) is 0 Å². The summed E-state index contributed by atoms with van der Waals surface area (Å²) in [5, 5.41) is 3.14. The number of hydrogen-bond acceptors (Lipinski definition) is 9. The highest BCUT2D eigenvalue weighted by Crippen LogP contribution is 2.23. The van der Waals surface area contributed by atoms with Gasteiger partial charge < -0.3 is 24.7 Å². The molecule has 1 aliphatic heterocycles. The quantitative estimate of drug-likeness (QED) is 0.300. The van der Waals surface area contributed by atoms with Crippen LogP contribution < -0.4 is 15.8 Å². The van der Waals surface area contributed by atoms with Gasteiger partial charge in [0.1, 0.15) is 0 Å². The van der Waals surface area contributed by atoms with Gasteiger partial charge in [0.15, 0.2) is 10.8 Å². The Hall–Kier alpha value is -3.44. The number of anilines is 2. The molecule has 10 nitrogen and oxygen atoms in total. The first-order valence-electron chi connectivity index (χ1n) is 11.2. The maximum atomic E-state index is 12.6. The highest BCUT2D eigenvalue weighted by Gasteiger charge is 2.22. The van der Waals surface area contributed by atoms with Crippen molar-refractivity contribution in [2.24, 2.45) is 0 Å². The summed E-state index contributed by atoms with van der Waals surface area (Å²) in [7, 11) is 1.24. The summed E-state index contributed by atoms with van der Waals surface area (Å²) in [4.78, 5) is 50.6. The van der Waals surface area contributed by atoms with Gasteiger partial charge in [-0.05, 0) is 51.1 Å². The molecule has 1 fully saturated rings. The Bertz CT molecular complexity index is 1300. The summed E-state index contributed by atoms with van der Waals surface area (Å²) < 4.78 is 10.5. The summed E-state index contributed by atoms with van der Waals surface area (Å²) >= 11 is 1.07. The molecule has 0 bridgehead atoms. The van der Waals surface area contributed by atoms with Gasteiger partial charge in [-0.2, -0.15) is 0 Å². The first-order valence-corrected chi connectivity index (χ1v) is 12.1. The first kappa shape index (κ1) is 24.7. The summed E-state index contributed by atoms with van der Waals surface area (Å²) in [5.74, 6) is -0.854. The molecule has 1 aliphatic rings. The Kier molecular flexibility index (Phi) is 7.37. The van der Waals surface area contributed by atoms with Gasteiger partial charge in [-0.1, -0.05) is 11.8 Å². The molecule has 184 valence electrons. The van der Waals surface area contributed by atoms with Gasteiger partial charge >= 0.3 is 5.97 Å². The fourth-order valence-corrected chi connectivity index (χ4v) is 4.72. The number of carbonyl (C=O) groups excluding carboxylic acids is 2. The number of aryl methyl sites for hydroxylation is 1. The van der Waals surface area contributed by atoms with E-state index in [1.54, 1.807) is 6.92 Å². The van der Waals surface area contributed by atoms with E-state index in [9.17, 15) is 14.4 Å². The molecule has 2 unspecified atom stereocenters.